The molecule has 0 saturated heterocycles. The van der Waals surface area contributed by atoms with Crippen LogP contribution in [0, 0.1) is 0 Å². The molecule has 0 unspecified atom stereocenters. The Balaban J connectivity index is 2.36. The number of ether oxygens (including phenoxy) is 1. The van der Waals surface area contributed by atoms with E-state index in [1.807, 2.05) is 12.1 Å². The Morgan fingerprint density at radius 2 is 1.67 bits per heavy atom. The van der Waals surface area contributed by atoms with Crippen molar-refractivity contribution in [2.75, 3.05) is 7.11 Å². The highest BCUT2D eigenvalue weighted by atomic mass is 28.3. The van der Waals surface area contributed by atoms with E-state index >= 15 is 0 Å². The van der Waals surface area contributed by atoms with Crippen LogP contribution < -0.4 is 10.2 Å². The van der Waals surface area contributed by atoms with Gasteiger partial charge < -0.3 is 9.21 Å². The summed E-state index contributed by atoms with van der Waals surface area (Å²) in [5.41, 5.74) is 1.32. The summed E-state index contributed by atoms with van der Waals surface area (Å²) in [5, 5.41) is 0.313. The Kier molecular flexibility index (Phi) is 4.38. The van der Waals surface area contributed by atoms with Crippen LogP contribution in [0.2, 0.25) is 18.1 Å². The fourth-order valence-corrected chi connectivity index (χ4v) is 4.66. The third kappa shape index (κ3) is 3.10. The molecule has 0 fully saturated rings. The minimum Gasteiger partial charge on any atom is -0.497 e. The molecule has 0 spiro atoms. The van der Waals surface area contributed by atoms with Crippen LogP contribution in [0.15, 0.2) is 48.6 Å². The van der Waals surface area contributed by atoms with Gasteiger partial charge in [-0.3, -0.25) is 0 Å². The third-order valence-corrected chi connectivity index (χ3v) is 10.3. The summed E-state index contributed by atoms with van der Waals surface area (Å²) in [5.74, 6) is 3.20. The van der Waals surface area contributed by atoms with Gasteiger partial charge in [-0.05, 0) is 29.4 Å². The molecule has 21 heavy (non-hydrogen) atoms. The van der Waals surface area contributed by atoms with Crippen LogP contribution in [-0.4, -0.2) is 26.7 Å². The summed E-state index contributed by atoms with van der Waals surface area (Å²) in [6, 6.07) is 8.44. The van der Waals surface area contributed by atoms with Gasteiger partial charge in [0.25, 0.3) is 0 Å². The highest BCUT2D eigenvalue weighted by Crippen LogP contribution is 2.39. The highest BCUT2D eigenvalue weighted by molar-refractivity contribution is 6.92. The van der Waals surface area contributed by atoms with E-state index in [1.165, 1.54) is 5.46 Å². The molecule has 1 aliphatic rings. The lowest BCUT2D eigenvalue weighted by molar-refractivity contribution is 0.415. The van der Waals surface area contributed by atoms with Crippen LogP contribution in [0.25, 0.3) is 0 Å². The smallest absolute Gasteiger partial charge is 0.307 e. The van der Waals surface area contributed by atoms with E-state index in [4.69, 9.17) is 4.74 Å². The van der Waals surface area contributed by atoms with Gasteiger partial charge in [0.1, 0.15) is 14.0 Å². The number of hydrogen-bond acceptors (Lipinski definition) is 2. The summed E-state index contributed by atoms with van der Waals surface area (Å²) in [6.07, 6.45) is 6.57. The maximum Gasteiger partial charge on any atom is 0.307 e. The zero-order chi connectivity index (χ0) is 15.7. The van der Waals surface area contributed by atoms with Crippen molar-refractivity contribution < 1.29 is 4.74 Å². The second kappa shape index (κ2) is 5.76. The average molecular weight is 299 g/mol. The molecule has 1 aliphatic heterocycles. The van der Waals surface area contributed by atoms with Crippen LogP contribution >= 0.6 is 0 Å². The maximum atomic E-state index is 5.27. The Labute approximate surface area is 130 Å². The molecule has 112 valence electrons. The lowest BCUT2D eigenvalue weighted by Gasteiger charge is -2.49. The lowest BCUT2D eigenvalue weighted by atomic mass is 9.55. The molecule has 0 saturated carbocycles. The number of allylic oxidation sites excluding steroid dienone is 2. The summed E-state index contributed by atoms with van der Waals surface area (Å²) in [4.78, 5) is 0. The molecule has 0 aromatic heterocycles. The normalized spacial score (nSPS) is 15.5. The quantitative estimate of drug-likeness (QED) is 0.787. The first-order chi connectivity index (χ1) is 9.77. The monoisotopic (exact) mass is 299 g/mol. The Hall–Kier alpha value is -1.42. The van der Waals surface area contributed by atoms with E-state index in [0.717, 1.165) is 5.75 Å². The van der Waals surface area contributed by atoms with Crippen molar-refractivity contribution in [3.05, 3.63) is 48.6 Å². The second-order valence-electron chi connectivity index (χ2n) is 7.16. The van der Waals surface area contributed by atoms with Crippen LogP contribution in [0.3, 0.4) is 0 Å². The molecule has 0 radical (unpaired) electrons. The topological polar surface area (TPSA) is 12.5 Å². The summed E-state index contributed by atoms with van der Waals surface area (Å²) in [6.45, 7) is 12.3. The van der Waals surface area contributed by atoms with E-state index in [9.17, 15) is 0 Å². The van der Waals surface area contributed by atoms with Gasteiger partial charge in [-0.15, -0.1) is 0 Å². The third-order valence-electron chi connectivity index (χ3n) is 4.89. The van der Waals surface area contributed by atoms with Gasteiger partial charge in [-0.1, -0.05) is 63.5 Å². The largest absolute Gasteiger partial charge is 0.497 e. The molecule has 4 heteroatoms. The number of rotatable bonds is 3. The molecular weight excluding hydrogens is 273 g/mol. The SMILES string of the molecule is COc1ccc(B2C=CC=CN2[Si](C)(C)C(C)(C)C)cc1. The Bertz CT molecular complexity index is 543. The summed E-state index contributed by atoms with van der Waals surface area (Å²) >= 11 is 0. The maximum absolute atomic E-state index is 5.27. The molecule has 2 rings (SSSR count). The second-order valence-corrected chi connectivity index (χ2v) is 12.3. The minimum atomic E-state index is -1.61. The highest BCUT2D eigenvalue weighted by Gasteiger charge is 2.43. The van der Waals surface area contributed by atoms with Crippen molar-refractivity contribution in [3.8, 4) is 5.75 Å². The summed E-state index contributed by atoms with van der Waals surface area (Å²) in [7, 11) is 0.101. The van der Waals surface area contributed by atoms with Crippen molar-refractivity contribution in [2.24, 2.45) is 0 Å². The van der Waals surface area contributed by atoms with Crippen molar-refractivity contribution in [2.45, 2.75) is 38.9 Å². The van der Waals surface area contributed by atoms with E-state index in [-0.39, 0.29) is 0 Å². The van der Waals surface area contributed by atoms with Gasteiger partial charge in [0, 0.05) is 0 Å². The average Bonchev–Trinajstić information content (AvgIpc) is 2.46. The Morgan fingerprint density at radius 3 is 2.19 bits per heavy atom. The van der Waals surface area contributed by atoms with Crippen molar-refractivity contribution in [3.63, 3.8) is 0 Å². The van der Waals surface area contributed by atoms with Gasteiger partial charge in [0.15, 0.2) is 0 Å². The van der Waals surface area contributed by atoms with Crippen LogP contribution in [0.1, 0.15) is 20.8 Å². The fourth-order valence-electron chi connectivity index (χ4n) is 2.49. The first kappa shape index (κ1) is 16.0. The number of methoxy groups -OCH3 is 1. The zero-order valence-corrected chi connectivity index (χ0v) is 15.1. The minimum absolute atomic E-state index is 0.313. The Morgan fingerprint density at radius 1 is 1.05 bits per heavy atom. The first-order valence-electron chi connectivity index (χ1n) is 7.55. The molecule has 0 bridgehead atoms. The molecule has 0 aliphatic carbocycles. The van der Waals surface area contributed by atoms with E-state index in [1.54, 1.807) is 7.11 Å². The molecule has 1 aromatic rings. The van der Waals surface area contributed by atoms with Gasteiger partial charge in [-0.2, -0.15) is 0 Å². The van der Waals surface area contributed by atoms with Crippen LogP contribution in [0.5, 0.6) is 5.75 Å². The summed E-state index contributed by atoms with van der Waals surface area (Å²) < 4.78 is 7.86. The van der Waals surface area contributed by atoms with Gasteiger partial charge in [0.2, 0.25) is 0 Å². The number of benzene rings is 1. The van der Waals surface area contributed by atoms with E-state index in [2.05, 4.69) is 74.8 Å². The van der Waals surface area contributed by atoms with Crippen molar-refractivity contribution in [1.82, 2.24) is 4.48 Å². The predicted octanol–water partition coefficient (Wildman–Crippen LogP) is 3.82. The molecule has 0 N–H and O–H groups in total. The molecule has 2 nitrogen and oxygen atoms in total. The van der Waals surface area contributed by atoms with Crippen LogP contribution in [0.4, 0.5) is 0 Å². The van der Waals surface area contributed by atoms with Gasteiger partial charge in [0.05, 0.1) is 7.11 Å². The zero-order valence-electron chi connectivity index (χ0n) is 14.1. The van der Waals surface area contributed by atoms with E-state index < -0.39 is 8.24 Å². The standard InChI is InChI=1S/C17H26BNOSi/c1-17(2,3)21(5,6)19-14-8-7-13-18(19)15-9-11-16(20-4)12-10-15/h7-14H,1-6H3. The number of hydrogen-bond donors (Lipinski definition) is 0. The lowest BCUT2D eigenvalue weighted by Crippen LogP contribution is -2.61. The number of nitrogens with zero attached hydrogens (tertiary/aromatic N) is 1. The fraction of sp³-hybridized carbons (Fsp3) is 0.412. The van der Waals surface area contributed by atoms with Gasteiger partial charge in [-0.25, -0.2) is 0 Å². The molecule has 0 atom stereocenters. The van der Waals surface area contributed by atoms with Crippen molar-refractivity contribution >= 4 is 20.5 Å². The van der Waals surface area contributed by atoms with Crippen molar-refractivity contribution in [1.29, 1.82) is 0 Å². The first-order valence-corrected chi connectivity index (χ1v) is 10.5. The van der Waals surface area contributed by atoms with Gasteiger partial charge >= 0.3 is 6.85 Å². The van der Waals surface area contributed by atoms with E-state index in [0.29, 0.717) is 11.9 Å². The molecule has 0 amide bonds. The predicted molar refractivity (Wildman–Crippen MR) is 95.7 cm³/mol. The van der Waals surface area contributed by atoms with Crippen LogP contribution in [-0.2, 0) is 0 Å². The molecule has 1 heterocycles. The molecule has 1 aromatic carbocycles. The molecular formula is C17H26BNOSi.